The highest BCUT2D eigenvalue weighted by Gasteiger charge is 2.58. The molecule has 3 unspecified atom stereocenters. The van der Waals surface area contributed by atoms with E-state index in [9.17, 15) is 14.4 Å². The van der Waals surface area contributed by atoms with E-state index in [2.05, 4.69) is 23.3 Å². The summed E-state index contributed by atoms with van der Waals surface area (Å²) in [6.45, 7) is 4.12. The number of carbonyl (C=O) groups is 3. The SMILES string of the molecule is Cc1cnc(NC(=O)CC[C@@H]2CC(=O)[C@@]3(C)CCC4c5ccc(OC(N)=O)cc5CCC4C23)s1. The maximum atomic E-state index is 13.2. The maximum Gasteiger partial charge on any atom is 0.409 e. The third kappa shape index (κ3) is 4.13. The molecule has 7 nitrogen and oxygen atoms in total. The van der Waals surface area contributed by atoms with E-state index in [0.717, 1.165) is 37.0 Å². The molecule has 0 radical (unpaired) electrons. The highest BCUT2D eigenvalue weighted by molar-refractivity contribution is 7.15. The highest BCUT2D eigenvalue weighted by atomic mass is 32.1. The van der Waals surface area contributed by atoms with E-state index >= 15 is 0 Å². The number of primary amides is 1. The van der Waals surface area contributed by atoms with E-state index in [-0.39, 0.29) is 17.2 Å². The van der Waals surface area contributed by atoms with Crippen molar-refractivity contribution in [2.24, 2.45) is 28.9 Å². The Labute approximate surface area is 203 Å². The lowest BCUT2D eigenvalue weighted by atomic mass is 9.54. The number of nitrogens with zero attached hydrogens (tertiary/aromatic N) is 1. The van der Waals surface area contributed by atoms with Gasteiger partial charge in [-0.3, -0.25) is 9.59 Å². The first-order valence-corrected chi connectivity index (χ1v) is 12.9. The molecule has 5 atom stereocenters. The number of ether oxygens (including phenoxy) is 1. The lowest BCUT2D eigenvalue weighted by molar-refractivity contribution is -0.129. The number of nitrogens with two attached hydrogens (primary N) is 1. The number of rotatable bonds is 5. The van der Waals surface area contributed by atoms with Crippen LogP contribution in [0.25, 0.3) is 0 Å². The van der Waals surface area contributed by atoms with E-state index in [0.29, 0.717) is 47.3 Å². The second-order valence-electron chi connectivity index (χ2n) is 10.3. The Morgan fingerprint density at radius 3 is 2.88 bits per heavy atom. The van der Waals surface area contributed by atoms with Crippen molar-refractivity contribution in [1.82, 2.24) is 4.98 Å². The predicted molar refractivity (Wildman–Crippen MR) is 130 cm³/mol. The topological polar surface area (TPSA) is 111 Å². The summed E-state index contributed by atoms with van der Waals surface area (Å²) in [5.41, 5.74) is 7.41. The molecule has 0 bridgehead atoms. The molecule has 2 amide bonds. The maximum absolute atomic E-state index is 13.2. The Balaban J connectivity index is 1.32. The zero-order valence-electron chi connectivity index (χ0n) is 19.6. The number of amides is 2. The van der Waals surface area contributed by atoms with Crippen molar-refractivity contribution in [1.29, 1.82) is 0 Å². The number of carbonyl (C=O) groups excluding carboxylic acids is 3. The number of thiazole rings is 1. The molecule has 0 spiro atoms. The van der Waals surface area contributed by atoms with Gasteiger partial charge in [-0.25, -0.2) is 9.78 Å². The van der Waals surface area contributed by atoms with Gasteiger partial charge >= 0.3 is 6.09 Å². The molecular formula is C26H31N3O4S. The number of aryl methyl sites for hydroxylation is 2. The predicted octanol–water partition coefficient (Wildman–Crippen LogP) is 4.98. The van der Waals surface area contributed by atoms with Crippen molar-refractivity contribution < 1.29 is 19.1 Å². The van der Waals surface area contributed by atoms with E-state index in [4.69, 9.17) is 10.5 Å². The summed E-state index contributed by atoms with van der Waals surface area (Å²) in [7, 11) is 0. The first-order chi connectivity index (χ1) is 16.2. The molecule has 8 heteroatoms. The van der Waals surface area contributed by atoms with Crippen LogP contribution in [0.2, 0.25) is 0 Å². The van der Waals surface area contributed by atoms with Gasteiger partial charge in [0.1, 0.15) is 11.5 Å². The minimum absolute atomic E-state index is 0.0290. The van der Waals surface area contributed by atoms with Gasteiger partial charge in [0, 0.05) is 29.3 Å². The molecule has 2 saturated carbocycles. The van der Waals surface area contributed by atoms with Crippen LogP contribution in [0, 0.1) is 30.1 Å². The number of benzene rings is 1. The number of hydrogen-bond donors (Lipinski definition) is 2. The van der Waals surface area contributed by atoms with Gasteiger partial charge in [-0.15, -0.1) is 11.3 Å². The Bertz CT molecular complexity index is 1140. The molecule has 0 saturated heterocycles. The number of anilines is 1. The molecule has 5 rings (SSSR count). The van der Waals surface area contributed by atoms with Crippen molar-refractivity contribution in [2.75, 3.05) is 5.32 Å². The number of Topliss-reactive ketones (excluding diaryl/α,β-unsaturated/α-hetero) is 1. The highest BCUT2D eigenvalue weighted by Crippen LogP contribution is 2.62. The average molecular weight is 482 g/mol. The summed E-state index contributed by atoms with van der Waals surface area (Å²) in [6.07, 6.45) is 6.44. The molecular weight excluding hydrogens is 450 g/mol. The van der Waals surface area contributed by atoms with E-state index in [1.807, 2.05) is 19.1 Å². The molecule has 1 aromatic carbocycles. The molecule has 3 N–H and O–H groups in total. The van der Waals surface area contributed by atoms with Crippen molar-refractivity contribution in [3.05, 3.63) is 40.4 Å². The van der Waals surface area contributed by atoms with Gasteiger partial charge in [-0.2, -0.15) is 0 Å². The van der Waals surface area contributed by atoms with E-state index in [1.165, 1.54) is 22.5 Å². The van der Waals surface area contributed by atoms with Gasteiger partial charge in [0.05, 0.1) is 0 Å². The Kier molecular flexibility index (Phi) is 5.96. The summed E-state index contributed by atoms with van der Waals surface area (Å²) in [6, 6.07) is 5.83. The summed E-state index contributed by atoms with van der Waals surface area (Å²) in [4.78, 5) is 42.2. The van der Waals surface area contributed by atoms with Gasteiger partial charge < -0.3 is 15.8 Å². The normalized spacial score (nSPS) is 29.6. The minimum atomic E-state index is -0.802. The molecule has 180 valence electrons. The van der Waals surface area contributed by atoms with Crippen LogP contribution in [-0.2, 0) is 16.0 Å². The number of hydrogen-bond acceptors (Lipinski definition) is 6. The lowest BCUT2D eigenvalue weighted by Crippen LogP contribution is -2.44. The van der Waals surface area contributed by atoms with Crippen LogP contribution < -0.4 is 15.8 Å². The van der Waals surface area contributed by atoms with Gasteiger partial charge in [0.25, 0.3) is 0 Å². The average Bonchev–Trinajstić information content (AvgIpc) is 3.31. The Morgan fingerprint density at radius 1 is 1.32 bits per heavy atom. The van der Waals surface area contributed by atoms with Crippen LogP contribution in [-0.4, -0.2) is 22.8 Å². The Hall–Kier alpha value is -2.74. The third-order valence-electron chi connectivity index (χ3n) is 8.37. The van der Waals surface area contributed by atoms with Crippen LogP contribution >= 0.6 is 11.3 Å². The number of ketones is 1. The molecule has 0 aliphatic heterocycles. The fraction of sp³-hybridized carbons (Fsp3) is 0.538. The fourth-order valence-corrected chi connectivity index (χ4v) is 7.65. The fourth-order valence-electron chi connectivity index (χ4n) is 6.97. The van der Waals surface area contributed by atoms with Crippen LogP contribution in [0.3, 0.4) is 0 Å². The van der Waals surface area contributed by atoms with Crippen LogP contribution in [0.15, 0.2) is 24.4 Å². The van der Waals surface area contributed by atoms with Gasteiger partial charge in [-0.05, 0) is 86.0 Å². The first kappa shape index (κ1) is 23.0. The minimum Gasteiger partial charge on any atom is -0.410 e. The molecule has 2 fully saturated rings. The molecule has 3 aliphatic rings. The van der Waals surface area contributed by atoms with Crippen molar-refractivity contribution in [3.63, 3.8) is 0 Å². The summed E-state index contributed by atoms with van der Waals surface area (Å²) < 4.78 is 5.08. The first-order valence-electron chi connectivity index (χ1n) is 12.1. The van der Waals surface area contributed by atoms with Crippen molar-refractivity contribution >= 4 is 34.3 Å². The molecule has 2 aromatic rings. The van der Waals surface area contributed by atoms with Crippen molar-refractivity contribution in [2.45, 2.75) is 64.7 Å². The number of aromatic nitrogens is 1. The van der Waals surface area contributed by atoms with E-state index in [1.54, 1.807) is 6.20 Å². The molecule has 1 heterocycles. The summed E-state index contributed by atoms with van der Waals surface area (Å²) >= 11 is 1.47. The second kappa shape index (κ2) is 8.80. The zero-order chi connectivity index (χ0) is 24.0. The molecule has 1 aromatic heterocycles. The van der Waals surface area contributed by atoms with Crippen molar-refractivity contribution in [3.8, 4) is 5.75 Å². The van der Waals surface area contributed by atoms with Gasteiger partial charge in [0.15, 0.2) is 5.13 Å². The monoisotopic (exact) mass is 481 g/mol. The Morgan fingerprint density at radius 2 is 2.15 bits per heavy atom. The van der Waals surface area contributed by atoms with Crippen LogP contribution in [0.1, 0.15) is 67.4 Å². The number of nitrogens with one attached hydrogen (secondary N) is 1. The van der Waals surface area contributed by atoms with E-state index < -0.39 is 6.09 Å². The smallest absolute Gasteiger partial charge is 0.409 e. The summed E-state index contributed by atoms with van der Waals surface area (Å²) in [5, 5.41) is 3.54. The second-order valence-corrected chi connectivity index (χ2v) is 11.6. The lowest BCUT2D eigenvalue weighted by Gasteiger charge is -2.50. The summed E-state index contributed by atoms with van der Waals surface area (Å²) in [5.74, 6) is 2.17. The van der Waals surface area contributed by atoms with Crippen LogP contribution in [0.5, 0.6) is 5.75 Å². The quantitative estimate of drug-likeness (QED) is 0.626. The van der Waals surface area contributed by atoms with Gasteiger partial charge in [-0.1, -0.05) is 13.0 Å². The van der Waals surface area contributed by atoms with Gasteiger partial charge in [0.2, 0.25) is 5.91 Å². The third-order valence-corrected chi connectivity index (χ3v) is 9.20. The number of fused-ring (bicyclic) bond motifs is 5. The molecule has 3 aliphatic carbocycles. The van der Waals surface area contributed by atoms with Crippen LogP contribution in [0.4, 0.5) is 9.93 Å². The zero-order valence-corrected chi connectivity index (χ0v) is 20.5. The standard InChI is InChI=1S/C26H31N3O4S/c1-14-13-28-25(34-14)29-22(31)8-4-16-12-21(30)26(2)10-9-19-18-7-5-17(33-24(27)32)11-15(18)3-6-20(19)23(16)26/h5,7,11,13,16,19-20,23H,3-4,6,8-10,12H2,1-2H3,(H2,27,32)(H,28,29,31)/t16-,19?,20?,23?,26-/m1/s1. The molecule has 34 heavy (non-hydrogen) atoms. The largest absolute Gasteiger partial charge is 0.410 e.